The molecular weight excluding hydrogens is 218 g/mol. The number of carbonyl (C=O) groups is 1. The molecule has 0 saturated heterocycles. The molecule has 94 valence electrons. The molecule has 0 aliphatic rings. The fraction of sp³-hybridized carbons (Fsp3) is 0.417. The maximum Gasteiger partial charge on any atom is 0.336 e. The lowest BCUT2D eigenvalue weighted by atomic mass is 10.0. The van der Waals surface area contributed by atoms with Crippen LogP contribution in [0, 0.1) is 0 Å². The molecule has 5 nitrogen and oxygen atoms in total. The number of nitrogen functional groups attached to an aromatic ring is 2. The van der Waals surface area contributed by atoms with Crippen LogP contribution in [0.1, 0.15) is 29.8 Å². The Morgan fingerprint density at radius 2 is 2.06 bits per heavy atom. The highest BCUT2D eigenvalue weighted by Gasteiger charge is 2.14. The molecule has 1 aromatic rings. The Morgan fingerprint density at radius 3 is 2.59 bits per heavy atom. The molecule has 0 aromatic heterocycles. The van der Waals surface area contributed by atoms with Crippen molar-refractivity contribution in [3.05, 3.63) is 23.3 Å². The quantitative estimate of drug-likeness (QED) is 0.574. The molecule has 0 heterocycles. The van der Waals surface area contributed by atoms with Gasteiger partial charge >= 0.3 is 5.97 Å². The number of carboxylic acids is 1. The zero-order valence-electron chi connectivity index (χ0n) is 10.2. The Hall–Kier alpha value is -1.75. The number of nitrogens with one attached hydrogen (secondary N) is 1. The highest BCUT2D eigenvalue weighted by molar-refractivity contribution is 5.93. The highest BCUT2D eigenvalue weighted by Crippen LogP contribution is 2.24. The fourth-order valence-corrected chi connectivity index (χ4v) is 1.64. The minimum atomic E-state index is -0.976. The van der Waals surface area contributed by atoms with Gasteiger partial charge in [0.1, 0.15) is 0 Å². The first-order valence-corrected chi connectivity index (χ1v) is 5.57. The van der Waals surface area contributed by atoms with Gasteiger partial charge in [0.15, 0.2) is 0 Å². The van der Waals surface area contributed by atoms with E-state index in [2.05, 4.69) is 5.32 Å². The van der Waals surface area contributed by atoms with Gasteiger partial charge in [-0.25, -0.2) is 4.79 Å². The lowest BCUT2D eigenvalue weighted by molar-refractivity contribution is 0.0696. The molecule has 0 saturated carbocycles. The van der Waals surface area contributed by atoms with Crippen LogP contribution in [-0.4, -0.2) is 23.7 Å². The van der Waals surface area contributed by atoms with Gasteiger partial charge in [0.25, 0.3) is 0 Å². The van der Waals surface area contributed by atoms with Gasteiger partial charge in [-0.2, -0.15) is 0 Å². The van der Waals surface area contributed by atoms with Crippen molar-refractivity contribution in [3.8, 4) is 0 Å². The van der Waals surface area contributed by atoms with Crippen LogP contribution in [0.5, 0.6) is 0 Å². The molecule has 6 N–H and O–H groups in total. The minimum absolute atomic E-state index is 0.224. The van der Waals surface area contributed by atoms with Gasteiger partial charge in [0.2, 0.25) is 0 Å². The summed E-state index contributed by atoms with van der Waals surface area (Å²) in [6.07, 6.45) is 0.552. The van der Waals surface area contributed by atoms with Gasteiger partial charge in [-0.05, 0) is 30.7 Å². The number of anilines is 2. The summed E-state index contributed by atoms with van der Waals surface area (Å²) in [5.41, 5.74) is 13.1. The lowest BCUT2D eigenvalue weighted by Gasteiger charge is -2.13. The minimum Gasteiger partial charge on any atom is -0.478 e. The molecule has 1 aromatic carbocycles. The number of aromatic carboxylic acids is 1. The molecule has 5 heteroatoms. The van der Waals surface area contributed by atoms with Gasteiger partial charge in [0.05, 0.1) is 16.9 Å². The van der Waals surface area contributed by atoms with Crippen LogP contribution in [0.15, 0.2) is 12.1 Å². The fourth-order valence-electron chi connectivity index (χ4n) is 1.64. The summed E-state index contributed by atoms with van der Waals surface area (Å²) in [6.45, 7) is 4.73. The lowest BCUT2D eigenvalue weighted by Crippen LogP contribution is -2.26. The average Bonchev–Trinajstić information content (AvgIpc) is 2.23. The summed E-state index contributed by atoms with van der Waals surface area (Å²) in [7, 11) is 0. The predicted molar refractivity (Wildman–Crippen MR) is 69.1 cm³/mol. The first-order valence-electron chi connectivity index (χ1n) is 5.57. The summed E-state index contributed by atoms with van der Waals surface area (Å²) in [6, 6.07) is 3.38. The molecule has 0 amide bonds. The first-order chi connectivity index (χ1) is 7.93. The molecule has 0 atom stereocenters. The van der Waals surface area contributed by atoms with Crippen LogP contribution in [-0.2, 0) is 6.42 Å². The van der Waals surface area contributed by atoms with Crippen LogP contribution >= 0.6 is 0 Å². The van der Waals surface area contributed by atoms with E-state index in [1.807, 2.05) is 13.8 Å². The largest absolute Gasteiger partial charge is 0.478 e. The van der Waals surface area contributed by atoms with E-state index in [9.17, 15) is 4.79 Å². The maximum absolute atomic E-state index is 11.1. The molecule has 1 rings (SSSR count). The van der Waals surface area contributed by atoms with Gasteiger partial charge in [-0.15, -0.1) is 0 Å². The van der Waals surface area contributed by atoms with E-state index >= 15 is 0 Å². The Bertz CT molecular complexity index is 416. The van der Waals surface area contributed by atoms with E-state index in [-0.39, 0.29) is 5.56 Å². The van der Waals surface area contributed by atoms with Crippen molar-refractivity contribution in [2.24, 2.45) is 0 Å². The van der Waals surface area contributed by atoms with Gasteiger partial charge in [-0.3, -0.25) is 0 Å². The van der Waals surface area contributed by atoms with Crippen molar-refractivity contribution in [1.29, 1.82) is 0 Å². The zero-order chi connectivity index (χ0) is 13.0. The third kappa shape index (κ3) is 3.35. The van der Waals surface area contributed by atoms with Gasteiger partial charge < -0.3 is 21.9 Å². The second kappa shape index (κ2) is 5.54. The molecule has 17 heavy (non-hydrogen) atoms. The van der Waals surface area contributed by atoms with E-state index < -0.39 is 5.97 Å². The smallest absolute Gasteiger partial charge is 0.336 e. The number of rotatable bonds is 5. The Labute approximate surface area is 101 Å². The Balaban J connectivity index is 2.94. The summed E-state index contributed by atoms with van der Waals surface area (Å²) in [4.78, 5) is 11.1. The normalized spacial score (nSPS) is 10.8. The number of hydrogen-bond donors (Lipinski definition) is 4. The summed E-state index contributed by atoms with van der Waals surface area (Å²) < 4.78 is 0. The van der Waals surface area contributed by atoms with Crippen molar-refractivity contribution < 1.29 is 9.90 Å². The maximum atomic E-state index is 11.1. The average molecular weight is 237 g/mol. The molecular formula is C12H19N3O2. The number of benzene rings is 1. The second-order valence-corrected chi connectivity index (χ2v) is 4.26. The van der Waals surface area contributed by atoms with Crippen molar-refractivity contribution in [1.82, 2.24) is 5.32 Å². The summed E-state index contributed by atoms with van der Waals surface area (Å²) >= 11 is 0. The van der Waals surface area contributed by atoms with Gasteiger partial charge in [0, 0.05) is 6.04 Å². The van der Waals surface area contributed by atoms with Crippen molar-refractivity contribution in [2.75, 3.05) is 18.0 Å². The SMILES string of the molecule is CC(C)NCCc1c(C(=O)O)ccc(N)c1N. The van der Waals surface area contributed by atoms with E-state index in [0.29, 0.717) is 35.9 Å². The van der Waals surface area contributed by atoms with Crippen molar-refractivity contribution >= 4 is 17.3 Å². The first kappa shape index (κ1) is 13.3. The van der Waals surface area contributed by atoms with Crippen LogP contribution in [0.2, 0.25) is 0 Å². The second-order valence-electron chi connectivity index (χ2n) is 4.26. The number of hydrogen-bond acceptors (Lipinski definition) is 4. The topological polar surface area (TPSA) is 101 Å². The molecule has 0 bridgehead atoms. The van der Waals surface area contributed by atoms with Gasteiger partial charge in [-0.1, -0.05) is 13.8 Å². The van der Waals surface area contributed by atoms with E-state index in [0.717, 1.165) is 0 Å². The van der Waals surface area contributed by atoms with E-state index in [4.69, 9.17) is 16.6 Å². The van der Waals surface area contributed by atoms with Crippen LogP contribution in [0.3, 0.4) is 0 Å². The molecule has 0 radical (unpaired) electrons. The van der Waals surface area contributed by atoms with E-state index in [1.54, 1.807) is 0 Å². The van der Waals surface area contributed by atoms with Crippen molar-refractivity contribution in [3.63, 3.8) is 0 Å². The Kier molecular flexibility index (Phi) is 4.34. The Morgan fingerprint density at radius 1 is 1.41 bits per heavy atom. The number of nitrogens with two attached hydrogens (primary N) is 2. The standard InChI is InChI=1S/C12H19N3O2/c1-7(2)15-6-5-8-9(12(16)17)3-4-10(13)11(8)14/h3-4,7,15H,5-6,13-14H2,1-2H3,(H,16,17). The third-order valence-corrected chi connectivity index (χ3v) is 2.55. The highest BCUT2D eigenvalue weighted by atomic mass is 16.4. The summed E-state index contributed by atoms with van der Waals surface area (Å²) in [5.74, 6) is -0.976. The summed E-state index contributed by atoms with van der Waals surface area (Å²) in [5, 5.41) is 12.3. The van der Waals surface area contributed by atoms with Crippen LogP contribution in [0.25, 0.3) is 0 Å². The molecule has 0 fully saturated rings. The van der Waals surface area contributed by atoms with E-state index in [1.165, 1.54) is 12.1 Å². The zero-order valence-corrected chi connectivity index (χ0v) is 10.2. The number of carboxylic acid groups (broad SMARTS) is 1. The van der Waals surface area contributed by atoms with Crippen LogP contribution in [0.4, 0.5) is 11.4 Å². The molecule has 0 aliphatic heterocycles. The molecule has 0 aliphatic carbocycles. The molecule has 0 spiro atoms. The third-order valence-electron chi connectivity index (χ3n) is 2.55. The molecule has 0 unspecified atom stereocenters. The van der Waals surface area contributed by atoms with Crippen molar-refractivity contribution in [2.45, 2.75) is 26.3 Å². The monoisotopic (exact) mass is 237 g/mol. The van der Waals surface area contributed by atoms with Crippen LogP contribution < -0.4 is 16.8 Å². The predicted octanol–water partition coefficient (Wildman–Crippen LogP) is 1.09.